The highest BCUT2D eigenvalue weighted by molar-refractivity contribution is 6.30. The van der Waals surface area contributed by atoms with E-state index in [9.17, 15) is 0 Å². The van der Waals surface area contributed by atoms with Gasteiger partial charge in [-0.15, -0.1) is 0 Å². The largest absolute Gasteiger partial charge is 0.322 e. The summed E-state index contributed by atoms with van der Waals surface area (Å²) in [6.45, 7) is 4.91. The Morgan fingerprint density at radius 2 is 2.00 bits per heavy atom. The van der Waals surface area contributed by atoms with Gasteiger partial charge in [-0.3, -0.25) is 4.68 Å². The van der Waals surface area contributed by atoms with Gasteiger partial charge in [-0.05, 0) is 44.0 Å². The fourth-order valence-corrected chi connectivity index (χ4v) is 2.22. The predicted molar refractivity (Wildman–Crippen MR) is 74.7 cm³/mol. The van der Waals surface area contributed by atoms with Crippen molar-refractivity contribution < 1.29 is 0 Å². The number of nitrogens with two attached hydrogens (primary N) is 1. The predicted octanol–water partition coefficient (Wildman–Crippen LogP) is 3.11. The average molecular weight is 264 g/mol. The van der Waals surface area contributed by atoms with Gasteiger partial charge in [0.25, 0.3) is 0 Å². The third-order valence-electron chi connectivity index (χ3n) is 2.98. The quantitative estimate of drug-likeness (QED) is 0.921. The number of hydrogen-bond donors (Lipinski definition) is 1. The summed E-state index contributed by atoms with van der Waals surface area (Å²) in [6.07, 6.45) is 0.794. The lowest BCUT2D eigenvalue weighted by atomic mass is 10.0. The molecule has 2 N–H and O–H groups in total. The molecular formula is C14H18ClN3. The first-order valence-corrected chi connectivity index (χ1v) is 6.52. The molecule has 3 nitrogen and oxygen atoms in total. The lowest BCUT2D eigenvalue weighted by Gasteiger charge is -2.13. The number of aromatic nitrogens is 2. The minimum Gasteiger partial charge on any atom is -0.322 e. The number of halogens is 1. The monoisotopic (exact) mass is 263 g/mol. The van der Waals surface area contributed by atoms with Crippen molar-refractivity contribution in [3.8, 4) is 0 Å². The van der Waals surface area contributed by atoms with E-state index in [4.69, 9.17) is 17.3 Å². The maximum Gasteiger partial charge on any atom is 0.0597 e. The van der Waals surface area contributed by atoms with Gasteiger partial charge < -0.3 is 5.73 Å². The summed E-state index contributed by atoms with van der Waals surface area (Å²) in [5, 5.41) is 5.17. The van der Waals surface area contributed by atoms with E-state index in [0.29, 0.717) is 0 Å². The number of benzene rings is 1. The third kappa shape index (κ3) is 2.92. The SMILES string of the molecule is CCn1nc(C)cc1C(N)Cc1ccc(Cl)cc1. The van der Waals surface area contributed by atoms with Gasteiger partial charge in [0, 0.05) is 11.6 Å². The van der Waals surface area contributed by atoms with Gasteiger partial charge >= 0.3 is 0 Å². The Kier molecular flexibility index (Phi) is 4.04. The standard InChI is InChI=1S/C14H18ClN3/c1-3-18-14(8-10(2)17-18)13(16)9-11-4-6-12(15)7-5-11/h4-8,13H,3,9,16H2,1-2H3. The average Bonchev–Trinajstić information content (AvgIpc) is 2.73. The van der Waals surface area contributed by atoms with Crippen LogP contribution in [0.1, 0.15) is 29.9 Å². The van der Waals surface area contributed by atoms with Crippen LogP contribution in [-0.4, -0.2) is 9.78 Å². The van der Waals surface area contributed by atoms with Crippen LogP contribution in [0.4, 0.5) is 0 Å². The lowest BCUT2D eigenvalue weighted by molar-refractivity contribution is 0.566. The lowest BCUT2D eigenvalue weighted by Crippen LogP contribution is -2.18. The molecule has 0 aliphatic rings. The van der Waals surface area contributed by atoms with Crippen molar-refractivity contribution in [2.45, 2.75) is 32.9 Å². The highest BCUT2D eigenvalue weighted by Gasteiger charge is 2.13. The van der Waals surface area contributed by atoms with E-state index in [-0.39, 0.29) is 6.04 Å². The zero-order valence-electron chi connectivity index (χ0n) is 10.7. The Hall–Kier alpha value is -1.32. The molecule has 2 aromatic rings. The summed E-state index contributed by atoms with van der Waals surface area (Å²) < 4.78 is 1.97. The molecule has 1 unspecified atom stereocenters. The minimum atomic E-state index is -0.0349. The number of rotatable bonds is 4. The first-order valence-electron chi connectivity index (χ1n) is 6.14. The van der Waals surface area contributed by atoms with Crippen LogP contribution in [0, 0.1) is 6.92 Å². The molecule has 0 saturated carbocycles. The summed E-state index contributed by atoms with van der Waals surface area (Å²) in [5.41, 5.74) is 9.55. The van der Waals surface area contributed by atoms with Crippen LogP contribution in [0.3, 0.4) is 0 Å². The fraction of sp³-hybridized carbons (Fsp3) is 0.357. The molecule has 0 saturated heterocycles. The van der Waals surface area contributed by atoms with Crippen molar-refractivity contribution >= 4 is 11.6 Å². The summed E-state index contributed by atoms with van der Waals surface area (Å²) in [5.74, 6) is 0. The van der Waals surface area contributed by atoms with E-state index in [0.717, 1.165) is 29.4 Å². The van der Waals surface area contributed by atoms with E-state index in [1.165, 1.54) is 5.56 Å². The number of aryl methyl sites for hydroxylation is 2. The smallest absolute Gasteiger partial charge is 0.0597 e. The van der Waals surface area contributed by atoms with Crippen LogP contribution in [0.2, 0.25) is 5.02 Å². The molecule has 0 fully saturated rings. The molecule has 0 bridgehead atoms. The molecule has 1 heterocycles. The van der Waals surface area contributed by atoms with Gasteiger partial charge in [-0.1, -0.05) is 23.7 Å². The van der Waals surface area contributed by atoms with Crippen molar-refractivity contribution in [1.82, 2.24) is 9.78 Å². The highest BCUT2D eigenvalue weighted by Crippen LogP contribution is 2.18. The Morgan fingerprint density at radius 3 is 2.61 bits per heavy atom. The molecule has 0 spiro atoms. The molecule has 0 amide bonds. The first kappa shape index (κ1) is 13.1. The van der Waals surface area contributed by atoms with Gasteiger partial charge in [0.1, 0.15) is 0 Å². The van der Waals surface area contributed by atoms with Crippen molar-refractivity contribution in [2.75, 3.05) is 0 Å². The Morgan fingerprint density at radius 1 is 1.33 bits per heavy atom. The molecule has 2 rings (SSSR count). The molecule has 4 heteroatoms. The second-order valence-corrected chi connectivity index (χ2v) is 4.90. The molecule has 18 heavy (non-hydrogen) atoms. The fourth-order valence-electron chi connectivity index (χ4n) is 2.10. The van der Waals surface area contributed by atoms with Crippen molar-refractivity contribution in [2.24, 2.45) is 5.73 Å². The van der Waals surface area contributed by atoms with Crippen molar-refractivity contribution in [1.29, 1.82) is 0 Å². The summed E-state index contributed by atoms with van der Waals surface area (Å²) >= 11 is 5.87. The van der Waals surface area contributed by atoms with E-state index >= 15 is 0 Å². The Labute approximate surface area is 113 Å². The van der Waals surface area contributed by atoms with Crippen LogP contribution in [0.5, 0.6) is 0 Å². The van der Waals surface area contributed by atoms with Gasteiger partial charge in [0.15, 0.2) is 0 Å². The van der Waals surface area contributed by atoms with E-state index in [2.05, 4.69) is 18.1 Å². The minimum absolute atomic E-state index is 0.0349. The molecule has 1 aromatic heterocycles. The zero-order chi connectivity index (χ0) is 13.1. The number of nitrogens with zero attached hydrogens (tertiary/aromatic N) is 2. The Bertz CT molecular complexity index is 516. The normalized spacial score (nSPS) is 12.7. The molecule has 0 aliphatic heterocycles. The summed E-state index contributed by atoms with van der Waals surface area (Å²) in [7, 11) is 0. The summed E-state index contributed by atoms with van der Waals surface area (Å²) in [4.78, 5) is 0. The third-order valence-corrected chi connectivity index (χ3v) is 3.23. The first-order chi connectivity index (χ1) is 8.60. The molecular weight excluding hydrogens is 246 g/mol. The topological polar surface area (TPSA) is 43.8 Å². The van der Waals surface area contributed by atoms with Gasteiger partial charge in [-0.25, -0.2) is 0 Å². The maximum absolute atomic E-state index is 6.26. The van der Waals surface area contributed by atoms with E-state index < -0.39 is 0 Å². The van der Waals surface area contributed by atoms with Crippen LogP contribution in [0.15, 0.2) is 30.3 Å². The van der Waals surface area contributed by atoms with Crippen LogP contribution in [-0.2, 0) is 13.0 Å². The van der Waals surface area contributed by atoms with Crippen LogP contribution in [0.25, 0.3) is 0 Å². The summed E-state index contributed by atoms with van der Waals surface area (Å²) in [6, 6.07) is 9.85. The van der Waals surface area contributed by atoms with Crippen molar-refractivity contribution in [3.63, 3.8) is 0 Å². The molecule has 0 aliphatic carbocycles. The van der Waals surface area contributed by atoms with E-state index in [1.807, 2.05) is 35.9 Å². The molecule has 1 atom stereocenters. The van der Waals surface area contributed by atoms with Crippen LogP contribution >= 0.6 is 11.6 Å². The second-order valence-electron chi connectivity index (χ2n) is 4.46. The molecule has 0 radical (unpaired) electrons. The van der Waals surface area contributed by atoms with Gasteiger partial charge in [0.2, 0.25) is 0 Å². The van der Waals surface area contributed by atoms with E-state index in [1.54, 1.807) is 0 Å². The maximum atomic E-state index is 6.26. The Balaban J connectivity index is 2.16. The molecule has 96 valence electrons. The van der Waals surface area contributed by atoms with Crippen LogP contribution < -0.4 is 5.73 Å². The highest BCUT2D eigenvalue weighted by atomic mass is 35.5. The second kappa shape index (κ2) is 5.55. The van der Waals surface area contributed by atoms with Gasteiger partial charge in [-0.2, -0.15) is 5.10 Å². The molecule has 1 aromatic carbocycles. The number of hydrogen-bond acceptors (Lipinski definition) is 2. The van der Waals surface area contributed by atoms with Crippen molar-refractivity contribution in [3.05, 3.63) is 52.3 Å². The van der Waals surface area contributed by atoms with Gasteiger partial charge in [0.05, 0.1) is 17.4 Å². The zero-order valence-corrected chi connectivity index (χ0v) is 11.5.